The standard InChI is InChI=1S/C20H20F3N3O4/c1-4-29-16-11-13(9-10-24-16)12-25-18(28)26(17(27)19(25,2)3)14-5-7-15(8-6-14)30-20(21,22)23/h5-11H,4,12H2,1-3H3. The number of carbonyl (C=O) groups is 2. The maximum Gasteiger partial charge on any atom is 0.573 e. The minimum absolute atomic E-state index is 0.131. The predicted octanol–water partition coefficient (Wildman–Crippen LogP) is 4.13. The lowest BCUT2D eigenvalue weighted by Gasteiger charge is -2.27. The van der Waals surface area contributed by atoms with Crippen molar-refractivity contribution in [3.05, 3.63) is 48.2 Å². The number of imide groups is 1. The number of urea groups is 1. The summed E-state index contributed by atoms with van der Waals surface area (Å²) < 4.78 is 46.2. The summed E-state index contributed by atoms with van der Waals surface area (Å²) in [5.41, 5.74) is -0.286. The molecule has 3 rings (SSSR count). The molecule has 1 saturated heterocycles. The number of aromatic nitrogens is 1. The summed E-state index contributed by atoms with van der Waals surface area (Å²) >= 11 is 0. The van der Waals surface area contributed by atoms with Crippen molar-refractivity contribution in [3.8, 4) is 11.6 Å². The molecule has 1 aliphatic heterocycles. The molecule has 1 aromatic carbocycles. The molecule has 30 heavy (non-hydrogen) atoms. The minimum Gasteiger partial charge on any atom is -0.478 e. The number of halogens is 3. The van der Waals surface area contributed by atoms with E-state index in [1.807, 2.05) is 6.92 Å². The van der Waals surface area contributed by atoms with Crippen molar-refractivity contribution in [2.24, 2.45) is 0 Å². The van der Waals surface area contributed by atoms with Crippen LogP contribution in [0.25, 0.3) is 0 Å². The SMILES string of the molecule is CCOc1cc(CN2C(=O)N(c3ccc(OC(F)(F)F)cc3)C(=O)C2(C)C)ccn1. The van der Waals surface area contributed by atoms with Crippen LogP contribution >= 0.6 is 0 Å². The van der Waals surface area contributed by atoms with Crippen molar-refractivity contribution in [2.75, 3.05) is 11.5 Å². The van der Waals surface area contributed by atoms with Crippen LogP contribution in [-0.4, -0.2) is 40.3 Å². The topological polar surface area (TPSA) is 72.0 Å². The zero-order valence-electron chi connectivity index (χ0n) is 16.6. The Morgan fingerprint density at radius 1 is 1.10 bits per heavy atom. The fraction of sp³-hybridized carbons (Fsp3) is 0.350. The average molecular weight is 423 g/mol. The third kappa shape index (κ3) is 4.32. The molecule has 0 bridgehead atoms. The van der Waals surface area contributed by atoms with E-state index in [1.54, 1.807) is 32.2 Å². The van der Waals surface area contributed by atoms with Crippen molar-refractivity contribution in [3.63, 3.8) is 0 Å². The van der Waals surface area contributed by atoms with E-state index in [4.69, 9.17) is 4.74 Å². The first kappa shape index (κ1) is 21.4. The highest BCUT2D eigenvalue weighted by Gasteiger charge is 2.51. The summed E-state index contributed by atoms with van der Waals surface area (Å²) in [6, 6.07) is 7.38. The molecule has 1 aromatic heterocycles. The maximum atomic E-state index is 13.0. The van der Waals surface area contributed by atoms with Crippen molar-refractivity contribution in [1.82, 2.24) is 9.88 Å². The van der Waals surface area contributed by atoms with Gasteiger partial charge in [-0.15, -0.1) is 13.2 Å². The third-order valence-corrected chi connectivity index (χ3v) is 4.58. The Bertz CT molecular complexity index is 945. The van der Waals surface area contributed by atoms with Crippen LogP contribution in [0.15, 0.2) is 42.6 Å². The fourth-order valence-electron chi connectivity index (χ4n) is 3.08. The second-order valence-electron chi connectivity index (χ2n) is 7.05. The number of amides is 3. The zero-order chi connectivity index (χ0) is 22.1. The molecule has 160 valence electrons. The summed E-state index contributed by atoms with van der Waals surface area (Å²) in [4.78, 5) is 32.4. The summed E-state index contributed by atoms with van der Waals surface area (Å²) in [5, 5.41) is 0. The molecule has 1 aliphatic rings. The predicted molar refractivity (Wildman–Crippen MR) is 101 cm³/mol. The van der Waals surface area contributed by atoms with Gasteiger partial charge in [0.25, 0.3) is 5.91 Å². The van der Waals surface area contributed by atoms with Gasteiger partial charge in [-0.1, -0.05) is 0 Å². The first-order valence-corrected chi connectivity index (χ1v) is 9.12. The van der Waals surface area contributed by atoms with Gasteiger partial charge < -0.3 is 14.4 Å². The molecular weight excluding hydrogens is 403 g/mol. The summed E-state index contributed by atoms with van der Waals surface area (Å²) in [5.74, 6) is -0.527. The number of rotatable bonds is 6. The van der Waals surface area contributed by atoms with Gasteiger partial charge in [-0.05, 0) is 56.7 Å². The van der Waals surface area contributed by atoms with Gasteiger partial charge in [-0.25, -0.2) is 14.7 Å². The van der Waals surface area contributed by atoms with Crippen LogP contribution in [-0.2, 0) is 11.3 Å². The lowest BCUT2D eigenvalue weighted by molar-refractivity contribution is -0.274. The number of hydrogen-bond acceptors (Lipinski definition) is 5. The largest absolute Gasteiger partial charge is 0.573 e. The van der Waals surface area contributed by atoms with Gasteiger partial charge in [0.1, 0.15) is 11.3 Å². The molecule has 7 nitrogen and oxygen atoms in total. The van der Waals surface area contributed by atoms with Crippen LogP contribution < -0.4 is 14.4 Å². The molecule has 3 amide bonds. The van der Waals surface area contributed by atoms with E-state index in [9.17, 15) is 22.8 Å². The first-order chi connectivity index (χ1) is 14.0. The van der Waals surface area contributed by atoms with Crippen molar-refractivity contribution in [1.29, 1.82) is 0 Å². The third-order valence-electron chi connectivity index (χ3n) is 4.58. The number of ether oxygens (including phenoxy) is 2. The van der Waals surface area contributed by atoms with Gasteiger partial charge in [-0.3, -0.25) is 4.79 Å². The van der Waals surface area contributed by atoms with Crippen LogP contribution in [0.1, 0.15) is 26.3 Å². The van der Waals surface area contributed by atoms with E-state index in [2.05, 4.69) is 9.72 Å². The summed E-state index contributed by atoms with van der Waals surface area (Å²) in [7, 11) is 0. The number of anilines is 1. The van der Waals surface area contributed by atoms with Crippen molar-refractivity contribution in [2.45, 2.75) is 39.2 Å². The van der Waals surface area contributed by atoms with E-state index in [0.717, 1.165) is 22.6 Å². The normalized spacial score (nSPS) is 16.2. The number of benzene rings is 1. The van der Waals surface area contributed by atoms with Crippen molar-refractivity contribution >= 4 is 17.6 Å². The molecule has 0 N–H and O–H groups in total. The number of alkyl halides is 3. The van der Waals surface area contributed by atoms with Gasteiger partial charge >= 0.3 is 12.4 Å². The van der Waals surface area contributed by atoms with E-state index >= 15 is 0 Å². The molecule has 1 fully saturated rings. The maximum absolute atomic E-state index is 13.0. The lowest BCUT2D eigenvalue weighted by Crippen LogP contribution is -2.43. The van der Waals surface area contributed by atoms with Crippen LogP contribution in [0.4, 0.5) is 23.7 Å². The number of nitrogens with zero attached hydrogens (tertiary/aromatic N) is 3. The molecule has 10 heteroatoms. The van der Waals surface area contributed by atoms with Gasteiger partial charge in [0, 0.05) is 18.8 Å². The van der Waals surface area contributed by atoms with Crippen LogP contribution in [0.5, 0.6) is 11.6 Å². The highest BCUT2D eigenvalue weighted by molar-refractivity contribution is 6.22. The molecule has 0 saturated carbocycles. The minimum atomic E-state index is -4.83. The summed E-state index contributed by atoms with van der Waals surface area (Å²) in [6.45, 7) is 5.61. The molecule has 0 radical (unpaired) electrons. The molecule has 0 atom stereocenters. The molecule has 0 aliphatic carbocycles. The summed E-state index contributed by atoms with van der Waals surface area (Å²) in [6.07, 6.45) is -3.28. The molecule has 0 unspecified atom stereocenters. The zero-order valence-corrected chi connectivity index (χ0v) is 16.6. The van der Waals surface area contributed by atoms with Crippen LogP contribution in [0.3, 0.4) is 0 Å². The van der Waals surface area contributed by atoms with Crippen LogP contribution in [0.2, 0.25) is 0 Å². The second kappa shape index (κ2) is 7.85. The molecule has 0 spiro atoms. The van der Waals surface area contributed by atoms with E-state index < -0.39 is 29.6 Å². The Labute approximate surface area is 171 Å². The fourth-order valence-corrected chi connectivity index (χ4v) is 3.08. The Balaban J connectivity index is 1.84. The number of pyridine rings is 1. The smallest absolute Gasteiger partial charge is 0.478 e. The quantitative estimate of drug-likeness (QED) is 0.654. The van der Waals surface area contributed by atoms with E-state index in [0.29, 0.717) is 12.5 Å². The molecule has 2 heterocycles. The Kier molecular flexibility index (Phi) is 5.60. The van der Waals surface area contributed by atoms with Gasteiger partial charge in [-0.2, -0.15) is 0 Å². The monoisotopic (exact) mass is 423 g/mol. The highest BCUT2D eigenvalue weighted by Crippen LogP contribution is 2.34. The Morgan fingerprint density at radius 3 is 2.37 bits per heavy atom. The van der Waals surface area contributed by atoms with Gasteiger partial charge in [0.05, 0.1) is 12.3 Å². The Morgan fingerprint density at radius 2 is 1.77 bits per heavy atom. The Hall–Kier alpha value is -3.30. The first-order valence-electron chi connectivity index (χ1n) is 9.12. The molecular formula is C20H20F3N3O4. The van der Waals surface area contributed by atoms with Gasteiger partial charge in [0.2, 0.25) is 5.88 Å². The number of hydrogen-bond donors (Lipinski definition) is 0. The lowest BCUT2D eigenvalue weighted by atomic mass is 10.0. The average Bonchev–Trinajstić information content (AvgIpc) is 2.82. The van der Waals surface area contributed by atoms with Crippen LogP contribution in [0, 0.1) is 0 Å². The van der Waals surface area contributed by atoms with Crippen molar-refractivity contribution < 1.29 is 32.2 Å². The highest BCUT2D eigenvalue weighted by atomic mass is 19.4. The van der Waals surface area contributed by atoms with E-state index in [1.165, 1.54) is 17.0 Å². The molecule has 2 aromatic rings. The van der Waals surface area contributed by atoms with Gasteiger partial charge in [0.15, 0.2) is 0 Å². The second-order valence-corrected chi connectivity index (χ2v) is 7.05. The van der Waals surface area contributed by atoms with E-state index in [-0.39, 0.29) is 12.2 Å². The number of carbonyl (C=O) groups excluding carboxylic acids is 2.